The molecule has 0 unspecified atom stereocenters. The molecule has 0 spiro atoms. The first-order valence-corrected chi connectivity index (χ1v) is 7.53. The molecular weight excluding hydrogens is 294 g/mol. The van der Waals surface area contributed by atoms with E-state index in [4.69, 9.17) is 20.2 Å². The summed E-state index contributed by atoms with van der Waals surface area (Å²) in [4.78, 5) is 4.74. The van der Waals surface area contributed by atoms with Crippen LogP contribution in [-0.4, -0.2) is 28.1 Å². The van der Waals surface area contributed by atoms with Gasteiger partial charge in [-0.2, -0.15) is 0 Å². The lowest BCUT2D eigenvalue weighted by molar-refractivity contribution is 0.174. The number of imidazole rings is 1. The number of fused-ring (bicyclic) bond motifs is 2. The van der Waals surface area contributed by atoms with Gasteiger partial charge in [-0.15, -0.1) is 0 Å². The minimum Gasteiger partial charge on any atom is -0.454 e. The highest BCUT2D eigenvalue weighted by molar-refractivity contribution is 5.84. The zero-order valence-corrected chi connectivity index (χ0v) is 12.5. The molecule has 118 valence electrons. The van der Waals surface area contributed by atoms with Gasteiger partial charge < -0.3 is 24.9 Å². The van der Waals surface area contributed by atoms with Crippen molar-refractivity contribution >= 4 is 16.7 Å². The summed E-state index contributed by atoms with van der Waals surface area (Å²) < 4.78 is 13.0. The third kappa shape index (κ3) is 2.37. The average Bonchev–Trinajstić information content (AvgIpc) is 3.14. The molecule has 1 aliphatic heterocycles. The Morgan fingerprint density at radius 2 is 2.00 bits per heavy atom. The average molecular weight is 311 g/mol. The third-order valence-electron chi connectivity index (χ3n) is 3.93. The van der Waals surface area contributed by atoms with Crippen LogP contribution in [0, 0.1) is 0 Å². The highest BCUT2D eigenvalue weighted by atomic mass is 16.7. The van der Waals surface area contributed by atoms with E-state index in [1.165, 1.54) is 0 Å². The number of aliphatic hydroxyl groups excluding tert-OH is 1. The lowest BCUT2D eigenvalue weighted by Crippen LogP contribution is -2.03. The largest absolute Gasteiger partial charge is 0.454 e. The molecule has 0 aliphatic carbocycles. The van der Waals surface area contributed by atoms with Crippen molar-refractivity contribution in [3.63, 3.8) is 0 Å². The van der Waals surface area contributed by atoms with Gasteiger partial charge in [0.2, 0.25) is 6.79 Å². The Labute approximate surface area is 133 Å². The van der Waals surface area contributed by atoms with Crippen molar-refractivity contribution in [1.82, 2.24) is 9.55 Å². The van der Waals surface area contributed by atoms with E-state index in [0.29, 0.717) is 24.4 Å². The van der Waals surface area contributed by atoms with Crippen LogP contribution in [-0.2, 0) is 6.54 Å². The second-order valence-electron chi connectivity index (χ2n) is 5.48. The first-order valence-electron chi connectivity index (χ1n) is 7.53. The van der Waals surface area contributed by atoms with Crippen molar-refractivity contribution in [3.05, 3.63) is 36.4 Å². The van der Waals surface area contributed by atoms with Crippen LogP contribution in [0.25, 0.3) is 22.4 Å². The maximum absolute atomic E-state index is 9.20. The van der Waals surface area contributed by atoms with Crippen LogP contribution < -0.4 is 15.2 Å². The van der Waals surface area contributed by atoms with Crippen LogP contribution in [0.15, 0.2) is 36.4 Å². The number of anilines is 1. The molecule has 3 aromatic rings. The van der Waals surface area contributed by atoms with Crippen LogP contribution in [0.4, 0.5) is 5.69 Å². The van der Waals surface area contributed by atoms with Crippen LogP contribution in [0.5, 0.6) is 11.5 Å². The normalized spacial score (nSPS) is 12.9. The van der Waals surface area contributed by atoms with Crippen molar-refractivity contribution in [2.75, 3.05) is 19.1 Å². The first-order chi connectivity index (χ1) is 11.3. The van der Waals surface area contributed by atoms with Crippen molar-refractivity contribution in [3.8, 4) is 22.9 Å². The van der Waals surface area contributed by atoms with Gasteiger partial charge >= 0.3 is 0 Å². The number of benzene rings is 2. The Bertz CT molecular complexity index is 873. The Kier molecular flexibility index (Phi) is 3.31. The molecule has 0 saturated carbocycles. The second-order valence-corrected chi connectivity index (χ2v) is 5.48. The molecule has 1 aliphatic rings. The molecule has 0 radical (unpaired) electrons. The minimum absolute atomic E-state index is 0.126. The van der Waals surface area contributed by atoms with Crippen molar-refractivity contribution in [2.45, 2.75) is 13.0 Å². The molecule has 23 heavy (non-hydrogen) atoms. The maximum Gasteiger partial charge on any atom is 0.231 e. The molecule has 0 atom stereocenters. The van der Waals surface area contributed by atoms with Gasteiger partial charge in [0, 0.05) is 36.5 Å². The molecule has 2 heterocycles. The number of ether oxygens (including phenoxy) is 2. The Morgan fingerprint density at radius 1 is 1.17 bits per heavy atom. The summed E-state index contributed by atoms with van der Waals surface area (Å²) in [7, 11) is 0. The van der Waals surface area contributed by atoms with E-state index < -0.39 is 0 Å². The second kappa shape index (κ2) is 5.48. The molecule has 2 aromatic carbocycles. The van der Waals surface area contributed by atoms with E-state index in [0.717, 1.165) is 28.2 Å². The number of nitrogens with zero attached hydrogens (tertiary/aromatic N) is 2. The third-order valence-corrected chi connectivity index (χ3v) is 3.93. The molecule has 3 N–H and O–H groups in total. The van der Waals surface area contributed by atoms with E-state index in [2.05, 4.69) is 4.57 Å². The quantitative estimate of drug-likeness (QED) is 0.723. The number of nitrogens with two attached hydrogens (primary N) is 1. The predicted octanol–water partition coefficient (Wildman–Crippen LogP) is 2.40. The minimum atomic E-state index is 0.126. The molecule has 6 nitrogen and oxygen atoms in total. The van der Waals surface area contributed by atoms with E-state index >= 15 is 0 Å². The number of nitrogen functional groups attached to an aromatic ring is 1. The standard InChI is InChI=1S/C17H17N3O3/c18-12-4-1-3-11(7-12)17-19-13-8-15-16(23-10-22-15)9-14(13)20(17)5-2-6-21/h1,3-4,7-9,21H,2,5-6,10,18H2. The molecule has 0 amide bonds. The zero-order valence-electron chi connectivity index (χ0n) is 12.5. The summed E-state index contributed by atoms with van der Waals surface area (Å²) in [5.74, 6) is 2.26. The van der Waals surface area contributed by atoms with Gasteiger partial charge in [-0.25, -0.2) is 4.98 Å². The number of hydrogen-bond acceptors (Lipinski definition) is 5. The van der Waals surface area contributed by atoms with E-state index in [9.17, 15) is 5.11 Å². The van der Waals surface area contributed by atoms with Gasteiger partial charge in [-0.05, 0) is 18.6 Å². The van der Waals surface area contributed by atoms with E-state index in [1.807, 2.05) is 36.4 Å². The van der Waals surface area contributed by atoms with Crippen molar-refractivity contribution in [2.24, 2.45) is 0 Å². The van der Waals surface area contributed by atoms with Gasteiger partial charge in [0.15, 0.2) is 11.5 Å². The van der Waals surface area contributed by atoms with Crippen LogP contribution >= 0.6 is 0 Å². The van der Waals surface area contributed by atoms with E-state index in [1.54, 1.807) is 0 Å². The molecule has 1 aromatic heterocycles. The number of rotatable bonds is 4. The number of aliphatic hydroxyl groups is 1. The van der Waals surface area contributed by atoms with Gasteiger partial charge in [-0.3, -0.25) is 0 Å². The summed E-state index contributed by atoms with van der Waals surface area (Å²) in [6.07, 6.45) is 0.648. The Hall–Kier alpha value is -2.73. The van der Waals surface area contributed by atoms with Crippen molar-refractivity contribution in [1.29, 1.82) is 0 Å². The highest BCUT2D eigenvalue weighted by Crippen LogP contribution is 2.37. The first kappa shape index (κ1) is 13.9. The fourth-order valence-corrected chi connectivity index (χ4v) is 2.87. The molecular formula is C17H17N3O3. The van der Waals surface area contributed by atoms with Crippen LogP contribution in [0.1, 0.15) is 6.42 Å². The van der Waals surface area contributed by atoms with Gasteiger partial charge in [-0.1, -0.05) is 12.1 Å². The van der Waals surface area contributed by atoms with Crippen LogP contribution in [0.2, 0.25) is 0 Å². The Balaban J connectivity index is 1.92. The summed E-state index contributed by atoms with van der Waals surface area (Å²) in [5, 5.41) is 9.20. The smallest absolute Gasteiger partial charge is 0.231 e. The maximum atomic E-state index is 9.20. The van der Waals surface area contributed by atoms with Gasteiger partial charge in [0.25, 0.3) is 0 Å². The molecule has 0 saturated heterocycles. The highest BCUT2D eigenvalue weighted by Gasteiger charge is 2.19. The summed E-state index contributed by atoms with van der Waals surface area (Å²) >= 11 is 0. The fraction of sp³-hybridized carbons (Fsp3) is 0.235. The lowest BCUT2D eigenvalue weighted by atomic mass is 10.2. The van der Waals surface area contributed by atoms with Crippen molar-refractivity contribution < 1.29 is 14.6 Å². The van der Waals surface area contributed by atoms with Gasteiger partial charge in [0.05, 0.1) is 11.0 Å². The lowest BCUT2D eigenvalue weighted by Gasteiger charge is -2.09. The SMILES string of the molecule is Nc1cccc(-c2nc3cc4c(cc3n2CCCO)OCO4)c1. The summed E-state index contributed by atoms with van der Waals surface area (Å²) in [6, 6.07) is 11.5. The predicted molar refractivity (Wildman–Crippen MR) is 87.4 cm³/mol. The zero-order chi connectivity index (χ0) is 15.8. The van der Waals surface area contributed by atoms with Crippen LogP contribution in [0.3, 0.4) is 0 Å². The summed E-state index contributed by atoms with van der Waals surface area (Å²) in [6.45, 7) is 1.03. The molecule has 4 rings (SSSR count). The number of hydrogen-bond donors (Lipinski definition) is 2. The topological polar surface area (TPSA) is 82.5 Å². The van der Waals surface area contributed by atoms with Gasteiger partial charge in [0.1, 0.15) is 5.82 Å². The Morgan fingerprint density at radius 3 is 2.78 bits per heavy atom. The number of aryl methyl sites for hydroxylation is 1. The van der Waals surface area contributed by atoms with E-state index in [-0.39, 0.29) is 13.4 Å². The summed E-state index contributed by atoms with van der Waals surface area (Å²) in [5.41, 5.74) is 9.34. The fourth-order valence-electron chi connectivity index (χ4n) is 2.87. The number of aromatic nitrogens is 2. The molecule has 6 heteroatoms. The molecule has 0 fully saturated rings. The monoisotopic (exact) mass is 311 g/mol. The molecule has 0 bridgehead atoms.